The fourth-order valence-electron chi connectivity index (χ4n) is 1.75. The van der Waals surface area contributed by atoms with Crippen LogP contribution in [0.15, 0.2) is 12.4 Å². The van der Waals surface area contributed by atoms with Gasteiger partial charge in [-0.15, -0.1) is 0 Å². The SMILES string of the molecule is CCNc1cc(N2CCC(O)C2)ncn1. The van der Waals surface area contributed by atoms with Crippen molar-refractivity contribution in [3.05, 3.63) is 12.4 Å². The molecule has 0 saturated carbocycles. The Kier molecular flexibility index (Phi) is 3.01. The van der Waals surface area contributed by atoms with Crippen molar-refractivity contribution < 1.29 is 5.11 Å². The van der Waals surface area contributed by atoms with Gasteiger partial charge < -0.3 is 15.3 Å². The molecule has 82 valence electrons. The number of aromatic nitrogens is 2. The van der Waals surface area contributed by atoms with E-state index in [0.717, 1.165) is 31.1 Å². The lowest BCUT2D eigenvalue weighted by Crippen LogP contribution is -2.22. The summed E-state index contributed by atoms with van der Waals surface area (Å²) in [6.45, 7) is 4.41. The highest BCUT2D eigenvalue weighted by Gasteiger charge is 2.21. The molecular weight excluding hydrogens is 192 g/mol. The Morgan fingerprint density at radius 2 is 2.47 bits per heavy atom. The zero-order chi connectivity index (χ0) is 10.7. The van der Waals surface area contributed by atoms with Crippen LogP contribution in [0.2, 0.25) is 0 Å². The summed E-state index contributed by atoms with van der Waals surface area (Å²) in [5.41, 5.74) is 0. The van der Waals surface area contributed by atoms with E-state index in [2.05, 4.69) is 20.2 Å². The van der Waals surface area contributed by atoms with E-state index in [1.807, 2.05) is 13.0 Å². The van der Waals surface area contributed by atoms with Gasteiger partial charge in [-0.1, -0.05) is 0 Å². The van der Waals surface area contributed by atoms with E-state index in [4.69, 9.17) is 0 Å². The molecule has 0 bridgehead atoms. The van der Waals surface area contributed by atoms with Crippen molar-refractivity contribution in [2.45, 2.75) is 19.4 Å². The van der Waals surface area contributed by atoms with Crippen LogP contribution in [-0.2, 0) is 0 Å². The zero-order valence-electron chi connectivity index (χ0n) is 8.85. The van der Waals surface area contributed by atoms with Gasteiger partial charge in [0.05, 0.1) is 6.10 Å². The van der Waals surface area contributed by atoms with Gasteiger partial charge in [0.15, 0.2) is 0 Å². The smallest absolute Gasteiger partial charge is 0.134 e. The third-order valence-electron chi connectivity index (χ3n) is 2.50. The van der Waals surface area contributed by atoms with Gasteiger partial charge in [0.2, 0.25) is 0 Å². The maximum Gasteiger partial charge on any atom is 0.134 e. The first-order valence-electron chi connectivity index (χ1n) is 5.28. The summed E-state index contributed by atoms with van der Waals surface area (Å²) in [7, 11) is 0. The van der Waals surface area contributed by atoms with Crippen LogP contribution < -0.4 is 10.2 Å². The number of nitrogens with zero attached hydrogens (tertiary/aromatic N) is 3. The predicted octanol–water partition coefficient (Wildman–Crippen LogP) is 0.479. The molecule has 2 rings (SSSR count). The third kappa shape index (κ3) is 2.36. The van der Waals surface area contributed by atoms with Crippen LogP contribution in [0, 0.1) is 0 Å². The molecule has 1 atom stereocenters. The quantitative estimate of drug-likeness (QED) is 0.756. The average molecular weight is 208 g/mol. The van der Waals surface area contributed by atoms with Crippen LogP contribution in [0.25, 0.3) is 0 Å². The van der Waals surface area contributed by atoms with Crippen LogP contribution in [-0.4, -0.2) is 40.8 Å². The van der Waals surface area contributed by atoms with Crippen LogP contribution >= 0.6 is 0 Å². The van der Waals surface area contributed by atoms with E-state index in [9.17, 15) is 5.11 Å². The monoisotopic (exact) mass is 208 g/mol. The Morgan fingerprint density at radius 1 is 1.60 bits per heavy atom. The van der Waals surface area contributed by atoms with Crippen molar-refractivity contribution in [3.8, 4) is 0 Å². The molecule has 15 heavy (non-hydrogen) atoms. The first-order chi connectivity index (χ1) is 7.29. The van der Waals surface area contributed by atoms with Gasteiger partial charge in [0.1, 0.15) is 18.0 Å². The molecule has 1 unspecified atom stereocenters. The summed E-state index contributed by atoms with van der Waals surface area (Å²) in [6.07, 6.45) is 2.15. The van der Waals surface area contributed by atoms with Crippen molar-refractivity contribution in [2.24, 2.45) is 0 Å². The normalized spacial score (nSPS) is 20.7. The maximum atomic E-state index is 9.43. The first kappa shape index (κ1) is 10.2. The van der Waals surface area contributed by atoms with E-state index in [-0.39, 0.29) is 6.10 Å². The lowest BCUT2D eigenvalue weighted by molar-refractivity contribution is 0.198. The molecule has 1 aliphatic rings. The van der Waals surface area contributed by atoms with Crippen molar-refractivity contribution in [2.75, 3.05) is 29.9 Å². The molecule has 0 amide bonds. The molecule has 5 heteroatoms. The highest BCUT2D eigenvalue weighted by Crippen LogP contribution is 2.19. The van der Waals surface area contributed by atoms with E-state index in [1.54, 1.807) is 6.33 Å². The highest BCUT2D eigenvalue weighted by atomic mass is 16.3. The standard InChI is InChI=1S/C10H16N4O/c1-2-11-9-5-10(13-7-12-9)14-4-3-8(15)6-14/h5,7-8,15H,2-4,6H2,1H3,(H,11,12,13). The first-order valence-corrected chi connectivity index (χ1v) is 5.28. The number of β-amino-alcohol motifs (C(OH)–C–C–N with tert-alkyl or cyclic N) is 1. The van der Waals surface area contributed by atoms with Crippen LogP contribution in [0.5, 0.6) is 0 Å². The van der Waals surface area contributed by atoms with Crippen molar-refractivity contribution in [1.82, 2.24) is 9.97 Å². The minimum atomic E-state index is -0.220. The lowest BCUT2D eigenvalue weighted by Gasteiger charge is -2.16. The molecule has 1 fully saturated rings. The fourth-order valence-corrected chi connectivity index (χ4v) is 1.75. The molecule has 0 aromatic carbocycles. The number of hydrogen-bond donors (Lipinski definition) is 2. The number of aliphatic hydroxyl groups is 1. The second kappa shape index (κ2) is 4.44. The molecule has 1 saturated heterocycles. The lowest BCUT2D eigenvalue weighted by atomic mass is 10.3. The number of nitrogens with one attached hydrogen (secondary N) is 1. The number of hydrogen-bond acceptors (Lipinski definition) is 5. The van der Waals surface area contributed by atoms with Crippen LogP contribution in [0.3, 0.4) is 0 Å². The summed E-state index contributed by atoms with van der Waals surface area (Å²) >= 11 is 0. The Bertz CT molecular complexity index is 331. The fraction of sp³-hybridized carbons (Fsp3) is 0.600. The van der Waals surface area contributed by atoms with Crippen molar-refractivity contribution >= 4 is 11.6 Å². The highest BCUT2D eigenvalue weighted by molar-refractivity contribution is 5.49. The molecule has 2 N–H and O–H groups in total. The Morgan fingerprint density at radius 3 is 3.13 bits per heavy atom. The van der Waals surface area contributed by atoms with Crippen LogP contribution in [0.4, 0.5) is 11.6 Å². The maximum absolute atomic E-state index is 9.43. The second-order valence-electron chi connectivity index (χ2n) is 3.68. The molecule has 0 spiro atoms. The number of rotatable bonds is 3. The van der Waals surface area contributed by atoms with Gasteiger partial charge in [0, 0.05) is 25.7 Å². The van der Waals surface area contributed by atoms with Gasteiger partial charge in [0.25, 0.3) is 0 Å². The minimum absolute atomic E-state index is 0.220. The predicted molar refractivity (Wildman–Crippen MR) is 59.0 cm³/mol. The summed E-state index contributed by atoms with van der Waals surface area (Å²) in [5.74, 6) is 1.72. The summed E-state index contributed by atoms with van der Waals surface area (Å²) in [5, 5.41) is 12.6. The van der Waals surface area contributed by atoms with Crippen molar-refractivity contribution in [1.29, 1.82) is 0 Å². The molecule has 1 aliphatic heterocycles. The van der Waals surface area contributed by atoms with Gasteiger partial charge in [-0.2, -0.15) is 0 Å². The average Bonchev–Trinajstić information content (AvgIpc) is 2.66. The molecule has 1 aromatic heterocycles. The van der Waals surface area contributed by atoms with Gasteiger partial charge in [-0.25, -0.2) is 9.97 Å². The second-order valence-corrected chi connectivity index (χ2v) is 3.68. The molecule has 5 nitrogen and oxygen atoms in total. The van der Waals surface area contributed by atoms with Crippen LogP contribution in [0.1, 0.15) is 13.3 Å². The van der Waals surface area contributed by atoms with E-state index < -0.39 is 0 Å². The minimum Gasteiger partial charge on any atom is -0.391 e. The Balaban J connectivity index is 2.10. The molecule has 1 aromatic rings. The van der Waals surface area contributed by atoms with Crippen molar-refractivity contribution in [3.63, 3.8) is 0 Å². The van der Waals surface area contributed by atoms with Gasteiger partial charge >= 0.3 is 0 Å². The summed E-state index contributed by atoms with van der Waals surface area (Å²) in [4.78, 5) is 10.4. The third-order valence-corrected chi connectivity index (χ3v) is 2.50. The topological polar surface area (TPSA) is 61.3 Å². The van der Waals surface area contributed by atoms with Gasteiger partial charge in [-0.3, -0.25) is 0 Å². The molecular formula is C10H16N4O. The Labute approximate surface area is 89.2 Å². The largest absolute Gasteiger partial charge is 0.391 e. The zero-order valence-corrected chi connectivity index (χ0v) is 8.85. The number of aliphatic hydroxyl groups excluding tert-OH is 1. The molecule has 0 aliphatic carbocycles. The van der Waals surface area contributed by atoms with E-state index >= 15 is 0 Å². The van der Waals surface area contributed by atoms with E-state index in [1.165, 1.54) is 0 Å². The molecule has 2 heterocycles. The van der Waals surface area contributed by atoms with Gasteiger partial charge in [-0.05, 0) is 13.3 Å². The molecule has 0 radical (unpaired) electrons. The number of anilines is 2. The summed E-state index contributed by atoms with van der Waals surface area (Å²) in [6, 6.07) is 1.92. The van der Waals surface area contributed by atoms with E-state index in [0.29, 0.717) is 6.54 Å². The Hall–Kier alpha value is -1.36. The summed E-state index contributed by atoms with van der Waals surface area (Å²) < 4.78 is 0.